The summed E-state index contributed by atoms with van der Waals surface area (Å²) in [6.45, 7) is 3.02. The monoisotopic (exact) mass is 326 g/mol. The molecule has 126 valence electrons. The van der Waals surface area contributed by atoms with E-state index < -0.39 is 5.60 Å². The van der Waals surface area contributed by atoms with Crippen LogP contribution in [0.4, 0.5) is 0 Å². The molecule has 1 saturated heterocycles. The molecule has 0 aliphatic carbocycles. The van der Waals surface area contributed by atoms with E-state index in [1.165, 1.54) is 0 Å². The number of aliphatic hydroxyl groups is 1. The molecule has 1 aliphatic rings. The number of nitrogens with zero attached hydrogens (tertiary/aromatic N) is 2. The van der Waals surface area contributed by atoms with Crippen LogP contribution >= 0.6 is 0 Å². The molecule has 0 bridgehead atoms. The summed E-state index contributed by atoms with van der Waals surface area (Å²) >= 11 is 0. The molecule has 5 heteroatoms. The van der Waals surface area contributed by atoms with Crippen molar-refractivity contribution in [3.63, 3.8) is 0 Å². The van der Waals surface area contributed by atoms with Gasteiger partial charge >= 0.3 is 0 Å². The third-order valence-corrected chi connectivity index (χ3v) is 4.38. The molecule has 1 amide bonds. The number of carbonyl (C=O) groups is 1. The van der Waals surface area contributed by atoms with Gasteiger partial charge in [-0.1, -0.05) is 18.2 Å². The quantitative estimate of drug-likeness (QED) is 0.912. The van der Waals surface area contributed by atoms with Gasteiger partial charge in [-0.15, -0.1) is 0 Å². The lowest BCUT2D eigenvalue weighted by atomic mass is 10.1. The van der Waals surface area contributed by atoms with E-state index in [0.717, 1.165) is 16.9 Å². The van der Waals surface area contributed by atoms with Crippen LogP contribution in [0.5, 0.6) is 5.75 Å². The summed E-state index contributed by atoms with van der Waals surface area (Å²) in [5.74, 6) is 0.792. The largest absolute Gasteiger partial charge is 0.490 e. The molecule has 5 nitrogen and oxygen atoms in total. The molecule has 1 atom stereocenters. The number of benzene rings is 1. The van der Waals surface area contributed by atoms with Gasteiger partial charge in [-0.05, 0) is 42.7 Å². The third kappa shape index (κ3) is 3.92. The predicted octanol–water partition coefficient (Wildman–Crippen LogP) is 1.97. The molecular formula is C19H22N2O3. The highest BCUT2D eigenvalue weighted by Crippen LogP contribution is 2.25. The standard InChI is InChI=1S/C19H22N2O3/c1-15-4-2-3-5-17(15)24-14-19(23)8-11-21(13-19)18(22)12-16-6-9-20-10-7-16/h2-7,9-10,23H,8,11-14H2,1H3/t19-/m1/s1. The number of aryl methyl sites for hydroxylation is 1. The van der Waals surface area contributed by atoms with E-state index >= 15 is 0 Å². The molecular weight excluding hydrogens is 304 g/mol. The molecule has 2 aromatic rings. The molecule has 0 saturated carbocycles. The lowest BCUT2D eigenvalue weighted by Gasteiger charge is -2.24. The molecule has 0 radical (unpaired) electrons. The van der Waals surface area contributed by atoms with Gasteiger partial charge in [-0.25, -0.2) is 0 Å². The molecule has 1 aromatic heterocycles. The average Bonchev–Trinajstić information content (AvgIpc) is 2.98. The van der Waals surface area contributed by atoms with Crippen molar-refractivity contribution in [2.24, 2.45) is 0 Å². The van der Waals surface area contributed by atoms with Crippen LogP contribution in [-0.4, -0.2) is 46.2 Å². The Balaban J connectivity index is 1.55. The van der Waals surface area contributed by atoms with Gasteiger partial charge < -0.3 is 14.7 Å². The lowest BCUT2D eigenvalue weighted by Crippen LogP contribution is -2.41. The van der Waals surface area contributed by atoms with Crippen molar-refractivity contribution in [3.05, 3.63) is 59.9 Å². The summed E-state index contributed by atoms with van der Waals surface area (Å²) < 4.78 is 5.77. The first-order valence-electron chi connectivity index (χ1n) is 8.13. The fourth-order valence-corrected chi connectivity index (χ4v) is 2.90. The summed E-state index contributed by atoms with van der Waals surface area (Å²) in [7, 11) is 0. The fourth-order valence-electron chi connectivity index (χ4n) is 2.90. The number of rotatable bonds is 5. The lowest BCUT2D eigenvalue weighted by molar-refractivity contribution is -0.130. The zero-order valence-corrected chi connectivity index (χ0v) is 13.8. The van der Waals surface area contributed by atoms with E-state index in [9.17, 15) is 9.90 Å². The molecule has 0 spiro atoms. The Morgan fingerprint density at radius 1 is 1.29 bits per heavy atom. The molecule has 1 N–H and O–H groups in total. The first-order chi connectivity index (χ1) is 11.6. The van der Waals surface area contributed by atoms with Crippen molar-refractivity contribution < 1.29 is 14.6 Å². The van der Waals surface area contributed by atoms with Gasteiger partial charge in [0, 0.05) is 18.9 Å². The van der Waals surface area contributed by atoms with Crippen molar-refractivity contribution in [1.82, 2.24) is 9.88 Å². The summed E-state index contributed by atoms with van der Waals surface area (Å²) in [6.07, 6.45) is 4.22. The Kier molecular flexibility index (Phi) is 4.81. The molecule has 1 aromatic carbocycles. The van der Waals surface area contributed by atoms with Gasteiger partial charge in [-0.3, -0.25) is 9.78 Å². The number of pyridine rings is 1. The number of hydrogen-bond donors (Lipinski definition) is 1. The van der Waals surface area contributed by atoms with E-state index in [0.29, 0.717) is 25.9 Å². The summed E-state index contributed by atoms with van der Waals surface area (Å²) in [5.41, 5.74) is 0.974. The van der Waals surface area contributed by atoms with E-state index in [1.54, 1.807) is 17.3 Å². The Morgan fingerprint density at radius 2 is 2.04 bits per heavy atom. The van der Waals surface area contributed by atoms with Crippen molar-refractivity contribution in [2.75, 3.05) is 19.7 Å². The van der Waals surface area contributed by atoms with Crippen LogP contribution in [0, 0.1) is 6.92 Å². The van der Waals surface area contributed by atoms with Crippen LogP contribution in [0.25, 0.3) is 0 Å². The minimum absolute atomic E-state index is 0.0213. The average molecular weight is 326 g/mol. The molecule has 2 heterocycles. The third-order valence-electron chi connectivity index (χ3n) is 4.38. The Bertz CT molecular complexity index is 705. The van der Waals surface area contributed by atoms with Crippen molar-refractivity contribution >= 4 is 5.91 Å². The highest BCUT2D eigenvalue weighted by Gasteiger charge is 2.38. The first-order valence-corrected chi connectivity index (χ1v) is 8.13. The number of likely N-dealkylation sites (tertiary alicyclic amines) is 1. The number of β-amino-alcohol motifs (C(OH)–C–C–N with tert-alkyl or cyclic N) is 1. The van der Waals surface area contributed by atoms with Crippen LogP contribution < -0.4 is 4.74 Å². The maximum absolute atomic E-state index is 12.4. The summed E-state index contributed by atoms with van der Waals surface area (Å²) in [4.78, 5) is 18.0. The number of ether oxygens (including phenoxy) is 1. The van der Waals surface area contributed by atoms with E-state index in [-0.39, 0.29) is 12.5 Å². The second-order valence-corrected chi connectivity index (χ2v) is 6.38. The number of carbonyl (C=O) groups excluding carboxylic acids is 1. The fraction of sp³-hybridized carbons (Fsp3) is 0.368. The molecule has 1 fully saturated rings. The first kappa shape index (κ1) is 16.5. The second-order valence-electron chi connectivity index (χ2n) is 6.38. The van der Waals surface area contributed by atoms with Crippen molar-refractivity contribution in [1.29, 1.82) is 0 Å². The predicted molar refractivity (Wildman–Crippen MR) is 90.8 cm³/mol. The molecule has 3 rings (SSSR count). The van der Waals surface area contributed by atoms with Gasteiger partial charge in [0.1, 0.15) is 18.0 Å². The Morgan fingerprint density at radius 3 is 2.79 bits per heavy atom. The second kappa shape index (κ2) is 7.01. The minimum atomic E-state index is -0.990. The normalized spacial score (nSPS) is 20.2. The minimum Gasteiger partial charge on any atom is -0.490 e. The van der Waals surface area contributed by atoms with E-state index in [2.05, 4.69) is 4.98 Å². The van der Waals surface area contributed by atoms with Crippen LogP contribution in [0.15, 0.2) is 48.8 Å². The van der Waals surface area contributed by atoms with Crippen LogP contribution in [-0.2, 0) is 11.2 Å². The number of aromatic nitrogens is 1. The topological polar surface area (TPSA) is 62.7 Å². The smallest absolute Gasteiger partial charge is 0.227 e. The SMILES string of the molecule is Cc1ccccc1OC[C@@]1(O)CCN(C(=O)Cc2ccncc2)C1. The van der Waals surface area contributed by atoms with E-state index in [1.807, 2.05) is 43.3 Å². The zero-order valence-electron chi connectivity index (χ0n) is 13.8. The van der Waals surface area contributed by atoms with Gasteiger partial charge in [0.25, 0.3) is 0 Å². The maximum Gasteiger partial charge on any atom is 0.227 e. The van der Waals surface area contributed by atoms with Crippen molar-refractivity contribution in [2.45, 2.75) is 25.4 Å². The van der Waals surface area contributed by atoms with Crippen molar-refractivity contribution in [3.8, 4) is 5.75 Å². The summed E-state index contributed by atoms with van der Waals surface area (Å²) in [6, 6.07) is 11.4. The molecule has 24 heavy (non-hydrogen) atoms. The number of amides is 1. The van der Waals surface area contributed by atoms with Gasteiger partial charge in [-0.2, -0.15) is 0 Å². The highest BCUT2D eigenvalue weighted by molar-refractivity contribution is 5.79. The molecule has 0 unspecified atom stereocenters. The number of para-hydroxylation sites is 1. The number of hydrogen-bond acceptors (Lipinski definition) is 4. The van der Waals surface area contributed by atoms with Gasteiger partial charge in [0.15, 0.2) is 0 Å². The Hall–Kier alpha value is -2.40. The maximum atomic E-state index is 12.4. The van der Waals surface area contributed by atoms with Gasteiger partial charge in [0.2, 0.25) is 5.91 Å². The highest BCUT2D eigenvalue weighted by atomic mass is 16.5. The van der Waals surface area contributed by atoms with Crippen LogP contribution in [0.3, 0.4) is 0 Å². The zero-order chi connectivity index (χ0) is 17.0. The molecule has 1 aliphatic heterocycles. The summed E-state index contributed by atoms with van der Waals surface area (Å²) in [5, 5.41) is 10.7. The Labute approximate surface area is 141 Å². The van der Waals surface area contributed by atoms with Gasteiger partial charge in [0.05, 0.1) is 13.0 Å². The van der Waals surface area contributed by atoms with Crippen LogP contribution in [0.2, 0.25) is 0 Å². The van der Waals surface area contributed by atoms with E-state index in [4.69, 9.17) is 4.74 Å². The van der Waals surface area contributed by atoms with Crippen LogP contribution in [0.1, 0.15) is 17.5 Å².